The summed E-state index contributed by atoms with van der Waals surface area (Å²) in [6.07, 6.45) is 6.27. The highest BCUT2D eigenvalue weighted by molar-refractivity contribution is 6.34. The Labute approximate surface area is 229 Å². The number of hydrogen-bond acceptors (Lipinski definition) is 6. The molecule has 3 heterocycles. The summed E-state index contributed by atoms with van der Waals surface area (Å²) in [5, 5.41) is 9.55. The zero-order valence-electron chi connectivity index (χ0n) is 22.4. The number of carbonyl (C=O) groups excluding carboxylic acids is 3. The molecule has 3 saturated heterocycles. The molecule has 1 aromatic rings. The van der Waals surface area contributed by atoms with Crippen molar-refractivity contribution in [3.63, 3.8) is 0 Å². The van der Waals surface area contributed by atoms with E-state index in [2.05, 4.69) is 6.58 Å². The molecule has 0 aromatic heterocycles. The second-order valence-electron chi connectivity index (χ2n) is 10.4. The second kappa shape index (κ2) is 11.8. The van der Waals surface area contributed by atoms with Gasteiger partial charge in [-0.25, -0.2) is 0 Å². The van der Waals surface area contributed by atoms with Gasteiger partial charge in [-0.2, -0.15) is 0 Å². The van der Waals surface area contributed by atoms with Gasteiger partial charge < -0.3 is 24.4 Å². The standard InChI is InChI=1S/C29H39ClN2O6/c1-4-17-31(21-14-10-9-13-20(21)30)26(35)24-29-16-15-28(5-2,38-29)23(27(36)37-6-3)22(29)25(34)32(24)18-11-7-8-12-19-33/h4,9-10,13-14,22-24,33H,1,5-8,11-12,15-19H2,2-3H3/t22-,23-,24?,28+,29?/m0/s1. The average molecular weight is 547 g/mol. The van der Waals surface area contributed by atoms with Crippen molar-refractivity contribution in [3.05, 3.63) is 41.9 Å². The second-order valence-corrected chi connectivity index (χ2v) is 10.9. The molecular weight excluding hydrogens is 508 g/mol. The van der Waals surface area contributed by atoms with Crippen LogP contribution in [-0.4, -0.2) is 71.3 Å². The zero-order chi connectivity index (χ0) is 27.5. The van der Waals surface area contributed by atoms with Crippen LogP contribution in [0.5, 0.6) is 0 Å². The molecule has 0 aliphatic carbocycles. The number of carbonyl (C=O) groups is 3. The molecular formula is C29H39ClN2O6. The fraction of sp³-hybridized carbons (Fsp3) is 0.621. The molecule has 1 spiro atoms. The smallest absolute Gasteiger partial charge is 0.312 e. The van der Waals surface area contributed by atoms with E-state index in [0.29, 0.717) is 49.4 Å². The maximum absolute atomic E-state index is 14.5. The number of para-hydroxylation sites is 1. The summed E-state index contributed by atoms with van der Waals surface area (Å²) in [6.45, 7) is 8.45. The van der Waals surface area contributed by atoms with Crippen molar-refractivity contribution < 1.29 is 29.0 Å². The van der Waals surface area contributed by atoms with Crippen LogP contribution in [0.2, 0.25) is 5.02 Å². The van der Waals surface area contributed by atoms with E-state index in [1.54, 1.807) is 41.0 Å². The van der Waals surface area contributed by atoms with E-state index >= 15 is 0 Å². The number of anilines is 1. The van der Waals surface area contributed by atoms with Gasteiger partial charge in [0.25, 0.3) is 5.91 Å². The number of aliphatic hydroxyl groups excluding tert-OH is 1. The number of rotatable bonds is 13. The molecule has 2 amide bonds. The van der Waals surface area contributed by atoms with E-state index in [0.717, 1.165) is 12.8 Å². The fourth-order valence-corrected chi connectivity index (χ4v) is 7.07. The Morgan fingerprint density at radius 2 is 1.97 bits per heavy atom. The first-order valence-corrected chi connectivity index (χ1v) is 14.1. The predicted octanol–water partition coefficient (Wildman–Crippen LogP) is 4.13. The van der Waals surface area contributed by atoms with E-state index in [1.807, 2.05) is 13.0 Å². The van der Waals surface area contributed by atoms with Gasteiger partial charge in [0, 0.05) is 19.7 Å². The van der Waals surface area contributed by atoms with Gasteiger partial charge in [-0.1, -0.05) is 49.6 Å². The molecule has 3 aliphatic heterocycles. The number of fused-ring (bicyclic) bond motifs is 1. The number of nitrogens with zero attached hydrogens (tertiary/aromatic N) is 2. The predicted molar refractivity (Wildman–Crippen MR) is 145 cm³/mol. The molecule has 2 bridgehead atoms. The molecule has 38 heavy (non-hydrogen) atoms. The van der Waals surface area contributed by atoms with Crippen molar-refractivity contribution in [1.29, 1.82) is 0 Å². The van der Waals surface area contributed by atoms with Gasteiger partial charge in [-0.05, 0) is 51.2 Å². The normalized spacial score (nSPS) is 29.4. The van der Waals surface area contributed by atoms with Crippen molar-refractivity contribution in [2.45, 2.75) is 76.0 Å². The number of amides is 2. The minimum atomic E-state index is -1.12. The number of halogens is 1. The minimum absolute atomic E-state index is 0.122. The fourth-order valence-electron chi connectivity index (χ4n) is 6.83. The number of hydrogen-bond donors (Lipinski definition) is 1. The molecule has 3 aliphatic rings. The van der Waals surface area contributed by atoms with Crippen molar-refractivity contribution in [3.8, 4) is 0 Å². The van der Waals surface area contributed by atoms with Crippen LogP contribution < -0.4 is 4.90 Å². The number of benzene rings is 1. The van der Waals surface area contributed by atoms with Crippen molar-refractivity contribution in [1.82, 2.24) is 4.90 Å². The van der Waals surface area contributed by atoms with Crippen LogP contribution in [0, 0.1) is 11.8 Å². The average Bonchev–Trinajstić information content (AvgIpc) is 3.51. The lowest BCUT2D eigenvalue weighted by Gasteiger charge is -2.37. The first-order chi connectivity index (χ1) is 18.3. The molecule has 8 nitrogen and oxygen atoms in total. The minimum Gasteiger partial charge on any atom is -0.466 e. The maximum Gasteiger partial charge on any atom is 0.312 e. The topological polar surface area (TPSA) is 96.4 Å². The molecule has 2 unspecified atom stereocenters. The van der Waals surface area contributed by atoms with Gasteiger partial charge in [-0.15, -0.1) is 6.58 Å². The van der Waals surface area contributed by atoms with Crippen LogP contribution >= 0.6 is 11.6 Å². The number of esters is 1. The summed E-state index contributed by atoms with van der Waals surface area (Å²) in [7, 11) is 0. The Bertz CT molecular complexity index is 1070. The van der Waals surface area contributed by atoms with E-state index < -0.39 is 35.0 Å². The highest BCUT2D eigenvalue weighted by Gasteiger charge is 2.79. The largest absolute Gasteiger partial charge is 0.466 e. The molecule has 1 N–H and O–H groups in total. The number of unbranched alkanes of at least 4 members (excludes halogenated alkanes) is 3. The van der Waals surface area contributed by atoms with Crippen molar-refractivity contribution in [2.24, 2.45) is 11.8 Å². The molecule has 0 saturated carbocycles. The number of aliphatic hydroxyl groups is 1. The summed E-state index contributed by atoms with van der Waals surface area (Å²) >= 11 is 6.51. The summed E-state index contributed by atoms with van der Waals surface area (Å²) in [5.74, 6) is -2.48. The lowest BCUT2D eigenvalue weighted by atomic mass is 9.65. The van der Waals surface area contributed by atoms with Crippen LogP contribution in [0.1, 0.15) is 58.8 Å². The van der Waals surface area contributed by atoms with Crippen LogP contribution in [0.15, 0.2) is 36.9 Å². The lowest BCUT2D eigenvalue weighted by molar-refractivity contribution is -0.160. The molecule has 4 rings (SSSR count). The highest BCUT2D eigenvalue weighted by Crippen LogP contribution is 2.64. The summed E-state index contributed by atoms with van der Waals surface area (Å²) in [6, 6.07) is 6.20. The van der Waals surface area contributed by atoms with E-state index in [1.165, 1.54) is 0 Å². The van der Waals surface area contributed by atoms with Gasteiger partial charge in [0.05, 0.1) is 28.8 Å². The van der Waals surface area contributed by atoms with Crippen LogP contribution in [0.3, 0.4) is 0 Å². The van der Waals surface area contributed by atoms with Crippen LogP contribution in [-0.2, 0) is 23.9 Å². The highest BCUT2D eigenvalue weighted by atomic mass is 35.5. The Hall–Kier alpha value is -2.42. The molecule has 0 radical (unpaired) electrons. The third-order valence-corrected chi connectivity index (χ3v) is 8.80. The summed E-state index contributed by atoms with van der Waals surface area (Å²) < 4.78 is 12.2. The van der Waals surface area contributed by atoms with Gasteiger partial charge in [0.15, 0.2) is 0 Å². The van der Waals surface area contributed by atoms with Crippen molar-refractivity contribution in [2.75, 3.05) is 31.2 Å². The van der Waals surface area contributed by atoms with E-state index in [4.69, 9.17) is 26.2 Å². The third kappa shape index (κ3) is 4.65. The Morgan fingerprint density at radius 3 is 2.63 bits per heavy atom. The molecule has 1 aromatic carbocycles. The van der Waals surface area contributed by atoms with Gasteiger partial charge >= 0.3 is 5.97 Å². The van der Waals surface area contributed by atoms with Gasteiger partial charge in [-0.3, -0.25) is 14.4 Å². The molecule has 208 valence electrons. The van der Waals surface area contributed by atoms with Gasteiger partial charge in [0.2, 0.25) is 5.91 Å². The number of likely N-dealkylation sites (tertiary alicyclic amines) is 1. The molecule has 9 heteroatoms. The molecule has 5 atom stereocenters. The molecule has 3 fully saturated rings. The Kier molecular flexibility index (Phi) is 8.85. The van der Waals surface area contributed by atoms with Crippen LogP contribution in [0.25, 0.3) is 0 Å². The third-order valence-electron chi connectivity index (χ3n) is 8.48. The van der Waals surface area contributed by atoms with Gasteiger partial charge in [0.1, 0.15) is 17.6 Å². The van der Waals surface area contributed by atoms with Crippen molar-refractivity contribution >= 4 is 35.1 Å². The lowest BCUT2D eigenvalue weighted by Crippen LogP contribution is -2.56. The monoisotopic (exact) mass is 546 g/mol. The first-order valence-electron chi connectivity index (χ1n) is 13.8. The van der Waals surface area contributed by atoms with Crippen LogP contribution in [0.4, 0.5) is 5.69 Å². The maximum atomic E-state index is 14.5. The zero-order valence-corrected chi connectivity index (χ0v) is 23.1. The Balaban J connectivity index is 1.76. The quantitative estimate of drug-likeness (QED) is 0.227. The van der Waals surface area contributed by atoms with E-state index in [-0.39, 0.29) is 31.6 Å². The summed E-state index contributed by atoms with van der Waals surface area (Å²) in [5.41, 5.74) is -1.41. The number of ether oxygens (including phenoxy) is 2. The first kappa shape index (κ1) is 28.6. The SMILES string of the molecule is C=CCN(C(=O)C1N(CCCCCCO)C(=O)[C@@H]2[C@@H](C(=O)OCC)[C@@]3(CC)CCC12O3)c1ccccc1Cl. The Morgan fingerprint density at radius 1 is 1.24 bits per heavy atom. The van der Waals surface area contributed by atoms with E-state index in [9.17, 15) is 14.4 Å². The summed E-state index contributed by atoms with van der Waals surface area (Å²) in [4.78, 5) is 45.1.